The highest BCUT2D eigenvalue weighted by Crippen LogP contribution is 2.36. The summed E-state index contributed by atoms with van der Waals surface area (Å²) in [6, 6.07) is 12.8. The number of aromatic nitrogens is 4. The van der Waals surface area contributed by atoms with Crippen molar-refractivity contribution in [2.45, 2.75) is 89.9 Å². The number of alkyl carbamates (subject to hydrolysis) is 2. The average Bonchev–Trinajstić information content (AvgIpc) is 4.03. The van der Waals surface area contributed by atoms with E-state index in [2.05, 4.69) is 30.6 Å². The fourth-order valence-corrected chi connectivity index (χ4v) is 7.75. The standard InChI is InChI=1S/C42H52F2N8O6/c1-23(2)15-31(49-41(55)57-5)39(53)51-21-29(43)17-35(51)37-45-19-33(47-37)27-11-7-25(8-12-27)26-9-13-28(14-10-26)34-20-46-38(48-34)36-18-30(44)22-52(36)40(54)32(16-24(3)4)50-42(56)58-6/h7-14,19-20,23-24,29-32,35-36H,15-18,21-22H2,1-6H3,(H,45,47)(H,46,48)(H,49,55)(H,50,56)/t29-,30-,31+,32+,35+,36+/m1/s1. The lowest BCUT2D eigenvalue weighted by molar-refractivity contribution is -0.135. The van der Waals surface area contributed by atoms with Gasteiger partial charge in [-0.15, -0.1) is 0 Å². The number of halogens is 2. The van der Waals surface area contributed by atoms with Crippen LogP contribution in [0.5, 0.6) is 0 Å². The van der Waals surface area contributed by atoms with Crippen LogP contribution in [-0.2, 0) is 19.1 Å². The van der Waals surface area contributed by atoms with Crippen molar-refractivity contribution in [1.82, 2.24) is 40.4 Å². The Labute approximate surface area is 336 Å². The molecule has 0 saturated carbocycles. The number of likely N-dealkylation sites (tertiary alicyclic amines) is 2. The minimum absolute atomic E-state index is 0.0892. The van der Waals surface area contributed by atoms with Gasteiger partial charge in [-0.1, -0.05) is 76.2 Å². The maximum Gasteiger partial charge on any atom is 0.407 e. The summed E-state index contributed by atoms with van der Waals surface area (Å²) in [5.41, 5.74) is 5.07. The lowest BCUT2D eigenvalue weighted by Gasteiger charge is -2.28. The van der Waals surface area contributed by atoms with Crippen molar-refractivity contribution >= 4 is 24.0 Å². The molecular formula is C42H52F2N8O6. The molecule has 14 nitrogen and oxygen atoms in total. The predicted molar refractivity (Wildman–Crippen MR) is 213 cm³/mol. The van der Waals surface area contributed by atoms with Crippen LogP contribution < -0.4 is 10.6 Å². The Balaban J connectivity index is 1.12. The van der Waals surface area contributed by atoms with Crippen molar-refractivity contribution in [2.24, 2.45) is 11.8 Å². The highest BCUT2D eigenvalue weighted by atomic mass is 19.1. The summed E-state index contributed by atoms with van der Waals surface area (Å²) in [6.45, 7) is 7.57. The second kappa shape index (κ2) is 18.2. The van der Waals surface area contributed by atoms with E-state index in [9.17, 15) is 28.0 Å². The molecule has 2 aliphatic rings. The number of nitrogens with one attached hydrogen (secondary N) is 4. The number of nitrogens with zero attached hydrogens (tertiary/aromatic N) is 4. The fourth-order valence-electron chi connectivity index (χ4n) is 7.75. The molecule has 2 aromatic carbocycles. The van der Waals surface area contributed by atoms with E-state index in [1.807, 2.05) is 76.2 Å². The van der Waals surface area contributed by atoms with Crippen molar-refractivity contribution < 1.29 is 37.4 Å². The Hall–Kier alpha value is -5.80. The van der Waals surface area contributed by atoms with Crippen LogP contribution in [0.4, 0.5) is 18.4 Å². The van der Waals surface area contributed by atoms with E-state index in [0.717, 1.165) is 22.3 Å². The zero-order valence-electron chi connectivity index (χ0n) is 33.6. The molecular weight excluding hydrogens is 751 g/mol. The molecule has 6 atom stereocenters. The fraction of sp³-hybridized carbons (Fsp3) is 0.476. The van der Waals surface area contributed by atoms with Gasteiger partial charge < -0.3 is 39.9 Å². The molecule has 4 aromatic rings. The summed E-state index contributed by atoms with van der Waals surface area (Å²) in [5, 5.41) is 5.21. The monoisotopic (exact) mass is 802 g/mol. The summed E-state index contributed by atoms with van der Waals surface area (Å²) in [5.74, 6) is 0.374. The molecule has 4 heterocycles. The first-order valence-electron chi connectivity index (χ1n) is 19.6. The van der Waals surface area contributed by atoms with Crippen molar-refractivity contribution in [3.63, 3.8) is 0 Å². The summed E-state index contributed by atoms with van der Waals surface area (Å²) < 4.78 is 39.1. The van der Waals surface area contributed by atoms with Gasteiger partial charge >= 0.3 is 12.2 Å². The molecule has 0 radical (unpaired) electrons. The van der Waals surface area contributed by atoms with Gasteiger partial charge in [0.1, 0.15) is 36.1 Å². The minimum Gasteiger partial charge on any atom is -0.453 e. The number of hydrogen-bond acceptors (Lipinski definition) is 8. The van der Waals surface area contributed by atoms with Gasteiger partial charge in [0.05, 0.1) is 63.2 Å². The summed E-state index contributed by atoms with van der Waals surface area (Å²) >= 11 is 0. The van der Waals surface area contributed by atoms with Gasteiger partial charge in [0.25, 0.3) is 0 Å². The van der Waals surface area contributed by atoms with Gasteiger partial charge in [-0.2, -0.15) is 0 Å². The number of aromatic amines is 2. The second-order valence-electron chi connectivity index (χ2n) is 15.8. The maximum atomic E-state index is 14.8. The summed E-state index contributed by atoms with van der Waals surface area (Å²) in [6.07, 6.45) is 0.363. The van der Waals surface area contributed by atoms with Crippen molar-refractivity contribution in [3.05, 3.63) is 72.6 Å². The Morgan fingerprint density at radius 1 is 0.655 bits per heavy atom. The Morgan fingerprint density at radius 3 is 1.33 bits per heavy atom. The van der Waals surface area contributed by atoms with Crippen LogP contribution in [0.25, 0.3) is 33.6 Å². The lowest BCUT2D eigenvalue weighted by Crippen LogP contribution is -2.49. The van der Waals surface area contributed by atoms with E-state index in [1.54, 1.807) is 12.4 Å². The van der Waals surface area contributed by atoms with E-state index in [4.69, 9.17) is 9.47 Å². The Kier molecular flexibility index (Phi) is 13.1. The Bertz CT molecular complexity index is 1910. The van der Waals surface area contributed by atoms with E-state index in [0.29, 0.717) is 35.9 Å². The molecule has 2 aliphatic heterocycles. The molecule has 2 aromatic heterocycles. The number of rotatable bonds is 13. The molecule has 2 fully saturated rings. The SMILES string of the molecule is COC(=O)N[C@@H](CC(C)C)C(=O)N1C[C@H](F)C[C@H]1c1ncc(-c2ccc(-c3ccc(-c4cnc([C@@H]5C[C@@H](F)CN5C(=O)[C@H](CC(C)C)NC(=O)OC)[nH]4)cc3)cc2)[nH]1. The molecule has 0 spiro atoms. The zero-order chi connectivity index (χ0) is 41.7. The largest absolute Gasteiger partial charge is 0.453 e. The molecule has 0 bridgehead atoms. The molecule has 310 valence electrons. The number of alkyl halides is 2. The smallest absolute Gasteiger partial charge is 0.407 e. The molecule has 4 N–H and O–H groups in total. The number of carbonyl (C=O) groups excluding carboxylic acids is 4. The van der Waals surface area contributed by atoms with Crippen LogP contribution in [0, 0.1) is 11.8 Å². The van der Waals surface area contributed by atoms with Gasteiger partial charge in [-0.05, 0) is 46.9 Å². The van der Waals surface area contributed by atoms with Crippen LogP contribution in [0.2, 0.25) is 0 Å². The summed E-state index contributed by atoms with van der Waals surface area (Å²) in [7, 11) is 2.46. The molecule has 58 heavy (non-hydrogen) atoms. The van der Waals surface area contributed by atoms with Crippen molar-refractivity contribution in [2.75, 3.05) is 27.3 Å². The molecule has 0 unspecified atom stereocenters. The number of H-pyrrole nitrogens is 2. The highest BCUT2D eigenvalue weighted by Gasteiger charge is 2.42. The van der Waals surface area contributed by atoms with Crippen LogP contribution >= 0.6 is 0 Å². The molecule has 6 rings (SSSR count). The maximum absolute atomic E-state index is 14.8. The van der Waals surface area contributed by atoms with Crippen LogP contribution in [0.1, 0.15) is 77.1 Å². The van der Waals surface area contributed by atoms with Crippen molar-refractivity contribution in [3.8, 4) is 33.6 Å². The van der Waals surface area contributed by atoms with Crippen LogP contribution in [0.3, 0.4) is 0 Å². The molecule has 2 saturated heterocycles. The van der Waals surface area contributed by atoms with Crippen molar-refractivity contribution in [1.29, 1.82) is 0 Å². The topological polar surface area (TPSA) is 175 Å². The Morgan fingerprint density at radius 2 is 1.00 bits per heavy atom. The van der Waals surface area contributed by atoms with E-state index < -0.39 is 48.7 Å². The van der Waals surface area contributed by atoms with Gasteiger partial charge in [0.15, 0.2) is 0 Å². The van der Waals surface area contributed by atoms with Gasteiger partial charge in [-0.25, -0.2) is 28.3 Å². The average molecular weight is 803 g/mol. The van der Waals surface area contributed by atoms with E-state index in [-0.39, 0.29) is 49.6 Å². The summed E-state index contributed by atoms with van der Waals surface area (Å²) in [4.78, 5) is 69.8. The van der Waals surface area contributed by atoms with Gasteiger partial charge in [0, 0.05) is 12.8 Å². The second-order valence-corrected chi connectivity index (χ2v) is 15.8. The number of ether oxygens (including phenoxy) is 2. The van der Waals surface area contributed by atoms with E-state index >= 15 is 0 Å². The molecule has 0 aliphatic carbocycles. The quantitative estimate of drug-likeness (QED) is 0.113. The third kappa shape index (κ3) is 9.65. The zero-order valence-corrected chi connectivity index (χ0v) is 33.6. The number of carbonyl (C=O) groups is 4. The van der Waals surface area contributed by atoms with Gasteiger partial charge in [-0.3, -0.25) is 9.59 Å². The third-order valence-corrected chi connectivity index (χ3v) is 10.6. The number of amides is 4. The first-order chi connectivity index (χ1) is 27.7. The normalized spacial score (nSPS) is 20.3. The first-order valence-corrected chi connectivity index (χ1v) is 19.6. The molecule has 16 heteroatoms. The number of methoxy groups -OCH3 is 2. The third-order valence-electron chi connectivity index (χ3n) is 10.6. The minimum atomic E-state index is -1.23. The number of benzene rings is 2. The van der Waals surface area contributed by atoms with E-state index in [1.165, 1.54) is 24.0 Å². The van der Waals surface area contributed by atoms with Gasteiger partial charge in [0.2, 0.25) is 11.8 Å². The highest BCUT2D eigenvalue weighted by molar-refractivity contribution is 5.87. The predicted octanol–water partition coefficient (Wildman–Crippen LogP) is 6.90. The number of imidazole rings is 2. The first kappa shape index (κ1) is 41.8. The van der Waals surface area contributed by atoms with Crippen LogP contribution in [0.15, 0.2) is 60.9 Å². The lowest BCUT2D eigenvalue weighted by atomic mass is 10.0. The number of hydrogen-bond donors (Lipinski definition) is 4. The molecule has 4 amide bonds. The van der Waals surface area contributed by atoms with Crippen LogP contribution in [-0.4, -0.2) is 105 Å².